The van der Waals surface area contributed by atoms with E-state index in [0.29, 0.717) is 5.69 Å². The SMILES string of the molecule is COC(=O)C=Cc1csc(Br)n1.O=Cc1csc(Br)n1. The van der Waals surface area contributed by atoms with Crippen LogP contribution < -0.4 is 0 Å². The van der Waals surface area contributed by atoms with Crippen molar-refractivity contribution < 1.29 is 14.3 Å². The number of rotatable bonds is 3. The third-order valence-electron chi connectivity index (χ3n) is 1.70. The molecule has 0 aliphatic heterocycles. The second-order valence-corrected chi connectivity index (χ2v) is 7.29. The molecule has 0 aromatic carbocycles. The molecule has 5 nitrogen and oxygen atoms in total. The lowest BCUT2D eigenvalue weighted by molar-refractivity contribution is -0.134. The summed E-state index contributed by atoms with van der Waals surface area (Å²) in [4.78, 5) is 28.4. The third kappa shape index (κ3) is 6.51. The molecule has 106 valence electrons. The topological polar surface area (TPSA) is 69.2 Å². The predicted molar refractivity (Wildman–Crippen MR) is 86.1 cm³/mol. The maximum absolute atomic E-state index is 10.6. The highest BCUT2D eigenvalue weighted by atomic mass is 79.9. The maximum Gasteiger partial charge on any atom is 0.330 e. The first-order valence-electron chi connectivity index (χ1n) is 4.98. The van der Waals surface area contributed by atoms with Crippen LogP contribution in [0.5, 0.6) is 0 Å². The quantitative estimate of drug-likeness (QED) is 0.413. The van der Waals surface area contributed by atoms with Gasteiger partial charge in [0.25, 0.3) is 0 Å². The molecule has 0 atom stereocenters. The summed E-state index contributed by atoms with van der Waals surface area (Å²) in [6.45, 7) is 0. The molecule has 9 heteroatoms. The molecule has 0 bridgehead atoms. The molecule has 0 aliphatic carbocycles. The number of esters is 1. The summed E-state index contributed by atoms with van der Waals surface area (Å²) in [5.41, 5.74) is 1.24. The Hall–Kier alpha value is -0.900. The van der Waals surface area contributed by atoms with Crippen molar-refractivity contribution in [3.63, 3.8) is 0 Å². The van der Waals surface area contributed by atoms with Gasteiger partial charge in [-0.3, -0.25) is 4.79 Å². The molecule has 0 aliphatic rings. The number of aromatic nitrogens is 2. The van der Waals surface area contributed by atoms with E-state index >= 15 is 0 Å². The van der Waals surface area contributed by atoms with Gasteiger partial charge in [0.15, 0.2) is 14.1 Å². The number of methoxy groups -OCH3 is 1. The minimum atomic E-state index is -0.376. The highest BCUT2D eigenvalue weighted by Gasteiger charge is 1.96. The van der Waals surface area contributed by atoms with Crippen molar-refractivity contribution in [3.8, 4) is 0 Å². The summed E-state index contributed by atoms with van der Waals surface area (Å²) in [5.74, 6) is -0.376. The van der Waals surface area contributed by atoms with E-state index in [0.717, 1.165) is 19.8 Å². The predicted octanol–water partition coefficient (Wildman–Crippen LogP) is 3.81. The number of thiazole rings is 2. The van der Waals surface area contributed by atoms with Crippen molar-refractivity contribution in [2.75, 3.05) is 7.11 Å². The van der Waals surface area contributed by atoms with Crippen LogP contribution >= 0.6 is 54.5 Å². The Morgan fingerprint density at radius 3 is 2.10 bits per heavy atom. The van der Waals surface area contributed by atoms with Crippen molar-refractivity contribution in [3.05, 3.63) is 36.1 Å². The fraction of sp³-hybridized carbons (Fsp3) is 0.0909. The van der Waals surface area contributed by atoms with E-state index < -0.39 is 0 Å². The Morgan fingerprint density at radius 1 is 1.20 bits per heavy atom. The molecule has 0 spiro atoms. The van der Waals surface area contributed by atoms with Gasteiger partial charge in [0, 0.05) is 16.8 Å². The molecule has 2 aromatic heterocycles. The van der Waals surface area contributed by atoms with E-state index in [1.807, 2.05) is 5.38 Å². The standard InChI is InChI=1S/C7H6BrNO2S.C4H2BrNOS/c1-11-6(10)3-2-5-4-12-7(8)9-5;5-4-6-3(1-7)2-8-4/h2-4H,1H3;1-2H. The van der Waals surface area contributed by atoms with Gasteiger partial charge in [-0.05, 0) is 37.9 Å². The molecule has 0 radical (unpaired) electrons. The van der Waals surface area contributed by atoms with E-state index in [1.165, 1.54) is 35.9 Å². The Balaban J connectivity index is 0.000000217. The van der Waals surface area contributed by atoms with E-state index in [9.17, 15) is 9.59 Å². The molecule has 2 rings (SSSR count). The normalized spacial score (nSPS) is 9.95. The largest absolute Gasteiger partial charge is 0.466 e. The number of aldehydes is 1. The second kappa shape index (κ2) is 9.11. The lowest BCUT2D eigenvalue weighted by Crippen LogP contribution is -1.93. The zero-order valence-electron chi connectivity index (χ0n) is 10.1. The van der Waals surface area contributed by atoms with E-state index in [-0.39, 0.29) is 5.97 Å². The van der Waals surface area contributed by atoms with E-state index in [1.54, 1.807) is 11.5 Å². The molecular formula is C11H8Br2N2O3S2. The first-order valence-corrected chi connectivity index (χ1v) is 8.33. The highest BCUT2D eigenvalue weighted by molar-refractivity contribution is 9.11. The number of ether oxygens (including phenoxy) is 1. The van der Waals surface area contributed by atoms with Gasteiger partial charge in [-0.2, -0.15) is 0 Å². The summed E-state index contributed by atoms with van der Waals surface area (Å²) in [6.07, 6.45) is 3.66. The van der Waals surface area contributed by atoms with Gasteiger partial charge >= 0.3 is 5.97 Å². The van der Waals surface area contributed by atoms with Gasteiger partial charge in [0.05, 0.1) is 12.8 Å². The van der Waals surface area contributed by atoms with Crippen LogP contribution in [-0.2, 0) is 9.53 Å². The van der Waals surface area contributed by atoms with Crippen LogP contribution in [0, 0.1) is 0 Å². The number of nitrogens with zero attached hydrogens (tertiary/aromatic N) is 2. The molecule has 0 amide bonds. The lowest BCUT2D eigenvalue weighted by Gasteiger charge is -1.87. The van der Waals surface area contributed by atoms with Gasteiger partial charge in [0.2, 0.25) is 0 Å². The van der Waals surface area contributed by atoms with Crippen LogP contribution in [0.15, 0.2) is 24.7 Å². The summed E-state index contributed by atoms with van der Waals surface area (Å²) in [5, 5.41) is 3.53. The van der Waals surface area contributed by atoms with Gasteiger partial charge in [-0.15, -0.1) is 22.7 Å². The van der Waals surface area contributed by atoms with Crippen LogP contribution in [0.1, 0.15) is 16.2 Å². The zero-order valence-corrected chi connectivity index (χ0v) is 14.9. The molecule has 20 heavy (non-hydrogen) atoms. The molecule has 2 aromatic rings. The summed E-state index contributed by atoms with van der Waals surface area (Å²) in [6, 6.07) is 0. The number of carbonyl (C=O) groups is 2. The molecule has 2 heterocycles. The minimum Gasteiger partial charge on any atom is -0.466 e. The molecule has 0 N–H and O–H groups in total. The second-order valence-electron chi connectivity index (χ2n) is 3.02. The maximum atomic E-state index is 10.6. The van der Waals surface area contributed by atoms with Crippen LogP contribution in [0.2, 0.25) is 0 Å². The number of hydrogen-bond donors (Lipinski definition) is 0. The van der Waals surface area contributed by atoms with Crippen molar-refractivity contribution in [2.24, 2.45) is 0 Å². The molecule has 0 saturated carbocycles. The summed E-state index contributed by atoms with van der Waals surface area (Å²) >= 11 is 9.20. The summed E-state index contributed by atoms with van der Waals surface area (Å²) in [7, 11) is 1.34. The smallest absolute Gasteiger partial charge is 0.330 e. The van der Waals surface area contributed by atoms with Crippen LogP contribution in [-0.4, -0.2) is 29.3 Å². The Morgan fingerprint density at radius 2 is 1.75 bits per heavy atom. The average molecular weight is 440 g/mol. The molecule has 0 unspecified atom stereocenters. The average Bonchev–Trinajstić information content (AvgIpc) is 3.05. The van der Waals surface area contributed by atoms with Crippen LogP contribution in [0.4, 0.5) is 0 Å². The van der Waals surface area contributed by atoms with Gasteiger partial charge < -0.3 is 4.74 Å². The number of carbonyl (C=O) groups excluding carboxylic acids is 2. The third-order valence-corrected chi connectivity index (χ3v) is 4.47. The monoisotopic (exact) mass is 438 g/mol. The van der Waals surface area contributed by atoms with Crippen molar-refractivity contribution in [1.82, 2.24) is 9.97 Å². The zero-order chi connectivity index (χ0) is 15.0. The van der Waals surface area contributed by atoms with Crippen LogP contribution in [0.25, 0.3) is 6.08 Å². The minimum absolute atomic E-state index is 0.376. The number of halogens is 2. The molecule has 0 fully saturated rings. The fourth-order valence-electron chi connectivity index (χ4n) is 0.879. The Kier molecular flexibility index (Phi) is 7.82. The van der Waals surface area contributed by atoms with Gasteiger partial charge in [-0.1, -0.05) is 0 Å². The van der Waals surface area contributed by atoms with Crippen molar-refractivity contribution in [1.29, 1.82) is 0 Å². The first kappa shape index (κ1) is 17.2. The van der Waals surface area contributed by atoms with Gasteiger partial charge in [0.1, 0.15) is 5.69 Å². The van der Waals surface area contributed by atoms with Crippen molar-refractivity contribution >= 4 is 72.9 Å². The first-order chi connectivity index (χ1) is 9.55. The summed E-state index contributed by atoms with van der Waals surface area (Å²) < 4.78 is 5.96. The van der Waals surface area contributed by atoms with Gasteiger partial charge in [-0.25, -0.2) is 14.8 Å². The Labute approximate surface area is 140 Å². The Bertz CT molecular complexity index is 610. The molecular weight excluding hydrogens is 432 g/mol. The van der Waals surface area contributed by atoms with E-state index in [2.05, 4.69) is 46.6 Å². The van der Waals surface area contributed by atoms with Crippen LogP contribution in [0.3, 0.4) is 0 Å². The lowest BCUT2D eigenvalue weighted by atomic mass is 10.4. The van der Waals surface area contributed by atoms with E-state index in [4.69, 9.17) is 0 Å². The fourth-order valence-corrected chi connectivity index (χ4v) is 2.84. The van der Waals surface area contributed by atoms with Crippen molar-refractivity contribution in [2.45, 2.75) is 0 Å². The number of hydrogen-bond acceptors (Lipinski definition) is 7. The highest BCUT2D eigenvalue weighted by Crippen LogP contribution is 2.16. The molecule has 0 saturated heterocycles.